The number of amides is 2. The summed E-state index contributed by atoms with van der Waals surface area (Å²) >= 11 is 1.62. The molecular weight excluding hydrogens is 334 g/mol. The van der Waals surface area contributed by atoms with Crippen molar-refractivity contribution in [2.45, 2.75) is 38.4 Å². The van der Waals surface area contributed by atoms with Crippen LogP contribution in [0.5, 0.6) is 0 Å². The van der Waals surface area contributed by atoms with Gasteiger partial charge < -0.3 is 15.5 Å². The van der Waals surface area contributed by atoms with Crippen LogP contribution in [0.2, 0.25) is 0 Å². The lowest BCUT2D eigenvalue weighted by molar-refractivity contribution is -0.128. The topological polar surface area (TPSA) is 61.4 Å². The Hall–Kier alpha value is -2.18. The van der Waals surface area contributed by atoms with Gasteiger partial charge in [0.15, 0.2) is 0 Å². The molecule has 5 nitrogen and oxygen atoms in total. The number of benzene rings is 1. The predicted molar refractivity (Wildman–Crippen MR) is 101 cm³/mol. The lowest BCUT2D eigenvalue weighted by Gasteiger charge is -2.26. The van der Waals surface area contributed by atoms with Gasteiger partial charge in [-0.05, 0) is 60.8 Å². The summed E-state index contributed by atoms with van der Waals surface area (Å²) in [5.41, 5.74) is 3.19. The molecule has 2 aromatic rings. The van der Waals surface area contributed by atoms with Crippen LogP contribution in [0.25, 0.3) is 0 Å². The normalized spacial score (nSPS) is 18.4. The summed E-state index contributed by atoms with van der Waals surface area (Å²) in [4.78, 5) is 27.2. The maximum atomic E-state index is 13.2. The van der Waals surface area contributed by atoms with Gasteiger partial charge in [-0.25, -0.2) is 0 Å². The van der Waals surface area contributed by atoms with Crippen molar-refractivity contribution in [3.05, 3.63) is 52.2 Å². The van der Waals surface area contributed by atoms with Crippen LogP contribution in [0, 0.1) is 0 Å². The monoisotopic (exact) mass is 357 g/mol. The van der Waals surface area contributed by atoms with E-state index in [9.17, 15) is 9.59 Å². The molecule has 132 valence electrons. The number of likely N-dealkylation sites (N-methyl/N-ethyl adjacent to an activating group) is 1. The summed E-state index contributed by atoms with van der Waals surface area (Å²) in [5.74, 6) is -0.199. The van der Waals surface area contributed by atoms with Gasteiger partial charge in [-0.3, -0.25) is 9.59 Å². The Bertz CT molecular complexity index is 745. The van der Waals surface area contributed by atoms with Crippen molar-refractivity contribution in [3.8, 4) is 0 Å². The average molecular weight is 357 g/mol. The molecule has 0 aliphatic carbocycles. The van der Waals surface area contributed by atoms with Crippen LogP contribution in [0.15, 0.2) is 41.1 Å². The number of anilines is 1. The Labute approximate surface area is 152 Å². The highest BCUT2D eigenvalue weighted by Gasteiger charge is 2.32. The van der Waals surface area contributed by atoms with E-state index in [4.69, 9.17) is 0 Å². The fraction of sp³-hybridized carbons (Fsp3) is 0.368. The van der Waals surface area contributed by atoms with E-state index < -0.39 is 6.04 Å². The maximum absolute atomic E-state index is 13.2. The number of hydrogen-bond acceptors (Lipinski definition) is 4. The molecule has 0 fully saturated rings. The molecule has 0 bridgehead atoms. The van der Waals surface area contributed by atoms with E-state index in [0.717, 1.165) is 23.2 Å². The molecule has 6 heteroatoms. The van der Waals surface area contributed by atoms with Gasteiger partial charge in [-0.2, -0.15) is 11.3 Å². The van der Waals surface area contributed by atoms with E-state index in [1.807, 2.05) is 29.6 Å². The smallest absolute Gasteiger partial charge is 0.249 e. The average Bonchev–Trinajstić information content (AvgIpc) is 3.11. The Morgan fingerprint density at radius 3 is 2.88 bits per heavy atom. The summed E-state index contributed by atoms with van der Waals surface area (Å²) in [6.07, 6.45) is 1.37. The van der Waals surface area contributed by atoms with Gasteiger partial charge in [0.2, 0.25) is 11.8 Å². The van der Waals surface area contributed by atoms with Crippen molar-refractivity contribution in [1.29, 1.82) is 0 Å². The highest BCUT2D eigenvalue weighted by molar-refractivity contribution is 7.07. The molecule has 0 saturated carbocycles. The van der Waals surface area contributed by atoms with Crippen LogP contribution in [-0.4, -0.2) is 30.9 Å². The highest BCUT2D eigenvalue weighted by atomic mass is 32.1. The van der Waals surface area contributed by atoms with E-state index in [-0.39, 0.29) is 17.9 Å². The fourth-order valence-corrected chi connectivity index (χ4v) is 3.67. The molecule has 1 aliphatic rings. The lowest BCUT2D eigenvalue weighted by atomic mass is 10.1. The summed E-state index contributed by atoms with van der Waals surface area (Å²) in [6.45, 7) is 2.31. The molecule has 0 spiro atoms. The molecule has 0 saturated heterocycles. The number of para-hydroxylation sites is 1. The molecule has 25 heavy (non-hydrogen) atoms. The molecule has 2 heterocycles. The second-order valence-corrected chi connectivity index (χ2v) is 7.07. The van der Waals surface area contributed by atoms with Crippen molar-refractivity contribution >= 4 is 28.8 Å². The number of thiophene rings is 1. The Kier molecular flexibility index (Phi) is 5.50. The van der Waals surface area contributed by atoms with E-state index in [0.29, 0.717) is 13.0 Å². The van der Waals surface area contributed by atoms with Crippen LogP contribution in [-0.2, 0) is 22.6 Å². The number of carbonyl (C=O) groups is 2. The van der Waals surface area contributed by atoms with Crippen LogP contribution in [0.3, 0.4) is 0 Å². The fourth-order valence-electron chi connectivity index (χ4n) is 3.01. The largest absolute Gasteiger partial charge is 0.343 e. The molecule has 0 unspecified atom stereocenters. The third-order valence-electron chi connectivity index (χ3n) is 4.61. The summed E-state index contributed by atoms with van der Waals surface area (Å²) in [6, 6.07) is 9.19. The first-order valence-corrected chi connectivity index (χ1v) is 9.42. The Morgan fingerprint density at radius 2 is 2.16 bits per heavy atom. The molecule has 2 N–H and O–H groups in total. The highest BCUT2D eigenvalue weighted by Crippen LogP contribution is 2.29. The number of carbonyl (C=O) groups excluding carboxylic acids is 2. The van der Waals surface area contributed by atoms with Gasteiger partial charge in [-0.15, -0.1) is 0 Å². The Morgan fingerprint density at radius 1 is 1.36 bits per heavy atom. The molecule has 3 rings (SSSR count). The first kappa shape index (κ1) is 17.6. The van der Waals surface area contributed by atoms with Crippen LogP contribution in [0.1, 0.15) is 24.5 Å². The van der Waals surface area contributed by atoms with Gasteiger partial charge in [0.05, 0.1) is 12.6 Å². The Balaban J connectivity index is 1.88. The molecule has 0 radical (unpaired) electrons. The zero-order chi connectivity index (χ0) is 17.8. The van der Waals surface area contributed by atoms with E-state index in [1.165, 1.54) is 0 Å². The number of fused-ring (bicyclic) bond motifs is 1. The summed E-state index contributed by atoms with van der Waals surface area (Å²) in [7, 11) is 1.73. The van der Waals surface area contributed by atoms with Gasteiger partial charge in [-0.1, -0.05) is 18.2 Å². The lowest BCUT2D eigenvalue weighted by Crippen LogP contribution is -2.52. The minimum Gasteiger partial charge on any atom is -0.343 e. The zero-order valence-electron chi connectivity index (χ0n) is 14.5. The third kappa shape index (κ3) is 3.91. The van der Waals surface area contributed by atoms with Gasteiger partial charge in [0.25, 0.3) is 0 Å². The predicted octanol–water partition coefficient (Wildman–Crippen LogP) is 2.32. The van der Waals surface area contributed by atoms with E-state index >= 15 is 0 Å². The molecule has 1 aromatic heterocycles. The minimum atomic E-state index is -0.505. The second-order valence-electron chi connectivity index (χ2n) is 6.29. The number of hydrogen-bond donors (Lipinski definition) is 2. The minimum absolute atomic E-state index is 0.0483. The number of rotatable bonds is 5. The standard InChI is InChI=1S/C19H23N3O2S/c1-13(20-2)18(23)21-16-8-7-15-5-3-4-6-17(15)22(19(16)24)11-14-9-10-25-12-14/h3-6,9-10,12-13,16,20H,7-8,11H2,1-2H3,(H,21,23)/t13-,16-/m0/s1. The van der Waals surface area contributed by atoms with Gasteiger partial charge >= 0.3 is 0 Å². The molecule has 1 aliphatic heterocycles. The second kappa shape index (κ2) is 7.80. The van der Waals surface area contributed by atoms with Crippen LogP contribution < -0.4 is 15.5 Å². The van der Waals surface area contributed by atoms with Crippen molar-refractivity contribution in [2.75, 3.05) is 11.9 Å². The van der Waals surface area contributed by atoms with E-state index in [1.54, 1.807) is 30.2 Å². The molecular formula is C19H23N3O2S. The van der Waals surface area contributed by atoms with Crippen LogP contribution >= 0.6 is 11.3 Å². The van der Waals surface area contributed by atoms with Gasteiger partial charge in [0, 0.05) is 5.69 Å². The molecule has 2 amide bonds. The van der Waals surface area contributed by atoms with Crippen LogP contribution in [0.4, 0.5) is 5.69 Å². The summed E-state index contributed by atoms with van der Waals surface area (Å²) in [5, 5.41) is 9.89. The quantitative estimate of drug-likeness (QED) is 0.863. The maximum Gasteiger partial charge on any atom is 0.249 e. The van der Waals surface area contributed by atoms with Crippen molar-refractivity contribution in [2.24, 2.45) is 0 Å². The third-order valence-corrected chi connectivity index (χ3v) is 5.34. The van der Waals surface area contributed by atoms with Crippen molar-refractivity contribution < 1.29 is 9.59 Å². The van der Waals surface area contributed by atoms with Gasteiger partial charge in [0.1, 0.15) is 6.04 Å². The SMILES string of the molecule is CN[C@@H](C)C(=O)N[C@H]1CCc2ccccc2N(Cc2ccsc2)C1=O. The summed E-state index contributed by atoms with van der Waals surface area (Å²) < 4.78 is 0. The first-order valence-electron chi connectivity index (χ1n) is 8.48. The molecule has 1 aromatic carbocycles. The molecule has 2 atom stereocenters. The first-order chi connectivity index (χ1) is 12.1. The number of nitrogens with zero attached hydrogens (tertiary/aromatic N) is 1. The number of aryl methyl sites for hydroxylation is 1. The van der Waals surface area contributed by atoms with E-state index in [2.05, 4.69) is 22.1 Å². The number of nitrogens with one attached hydrogen (secondary N) is 2. The van der Waals surface area contributed by atoms with Crippen molar-refractivity contribution in [3.63, 3.8) is 0 Å². The zero-order valence-corrected chi connectivity index (χ0v) is 15.3. The van der Waals surface area contributed by atoms with Crippen molar-refractivity contribution in [1.82, 2.24) is 10.6 Å².